The number of hydrogen-bond acceptors (Lipinski definition) is 4. The van der Waals surface area contributed by atoms with E-state index in [2.05, 4.69) is 5.10 Å². The largest absolute Gasteiger partial charge is 0.330 e. The quantitative estimate of drug-likeness (QED) is 0.745. The second-order valence-corrected chi connectivity index (χ2v) is 6.21. The van der Waals surface area contributed by atoms with Gasteiger partial charge in [-0.05, 0) is 24.9 Å². The molecule has 0 aliphatic rings. The molecule has 0 saturated carbocycles. The summed E-state index contributed by atoms with van der Waals surface area (Å²) in [5, 5.41) is 4.12. The van der Waals surface area contributed by atoms with Gasteiger partial charge in [0.15, 0.2) is 9.84 Å². The Hall–Kier alpha value is -0.880. The molecule has 0 fully saturated rings. The lowest BCUT2D eigenvalue weighted by molar-refractivity contribution is 0.581. The van der Waals surface area contributed by atoms with Gasteiger partial charge in [-0.2, -0.15) is 5.10 Å². The van der Waals surface area contributed by atoms with E-state index in [0.717, 1.165) is 18.4 Å². The molecule has 0 unspecified atom stereocenters. The van der Waals surface area contributed by atoms with E-state index in [0.29, 0.717) is 13.1 Å². The molecule has 0 spiro atoms. The molecular weight excluding hydrogens is 226 g/mol. The molecule has 0 aliphatic heterocycles. The van der Waals surface area contributed by atoms with Crippen molar-refractivity contribution in [1.82, 2.24) is 9.78 Å². The molecule has 1 rings (SSSR count). The summed E-state index contributed by atoms with van der Waals surface area (Å²) >= 11 is 0. The molecule has 0 saturated heterocycles. The summed E-state index contributed by atoms with van der Waals surface area (Å²) in [5.74, 6) is 0.343. The molecular formula is C10H19N3O2S. The summed E-state index contributed by atoms with van der Waals surface area (Å²) < 4.78 is 24.3. The zero-order chi connectivity index (χ0) is 12.0. The zero-order valence-electron chi connectivity index (χ0n) is 9.59. The Bertz CT molecular complexity index is 411. The number of aromatic nitrogens is 2. The highest BCUT2D eigenvalue weighted by molar-refractivity contribution is 7.91. The Morgan fingerprint density at radius 2 is 2.25 bits per heavy atom. The monoisotopic (exact) mass is 245 g/mol. The van der Waals surface area contributed by atoms with E-state index >= 15 is 0 Å². The average molecular weight is 245 g/mol. The van der Waals surface area contributed by atoms with E-state index in [1.54, 1.807) is 17.8 Å². The lowest BCUT2D eigenvalue weighted by Gasteiger charge is -2.01. The van der Waals surface area contributed by atoms with Gasteiger partial charge in [0.1, 0.15) is 0 Å². The minimum Gasteiger partial charge on any atom is -0.330 e. The molecule has 6 heteroatoms. The molecule has 5 nitrogen and oxygen atoms in total. The third-order valence-corrected chi connectivity index (χ3v) is 4.11. The Kier molecular flexibility index (Phi) is 4.95. The molecule has 0 amide bonds. The maximum absolute atomic E-state index is 11.3. The van der Waals surface area contributed by atoms with Gasteiger partial charge in [0.2, 0.25) is 0 Å². The summed E-state index contributed by atoms with van der Waals surface area (Å²) in [6, 6.07) is 0. The van der Waals surface area contributed by atoms with Gasteiger partial charge in [-0.3, -0.25) is 4.68 Å². The van der Waals surface area contributed by atoms with Crippen LogP contribution in [0.15, 0.2) is 12.4 Å². The van der Waals surface area contributed by atoms with Crippen LogP contribution in [0.1, 0.15) is 18.9 Å². The predicted octanol–water partition coefficient (Wildman–Crippen LogP) is 0.209. The summed E-state index contributed by atoms with van der Waals surface area (Å²) in [7, 11) is -2.91. The van der Waals surface area contributed by atoms with Crippen molar-refractivity contribution in [2.24, 2.45) is 5.73 Å². The van der Waals surface area contributed by atoms with Crippen LogP contribution in [0, 0.1) is 0 Å². The van der Waals surface area contributed by atoms with Crippen molar-refractivity contribution in [2.45, 2.75) is 26.3 Å². The highest BCUT2D eigenvalue weighted by Gasteiger charge is 2.07. The van der Waals surface area contributed by atoms with Crippen molar-refractivity contribution in [3.63, 3.8) is 0 Å². The fourth-order valence-electron chi connectivity index (χ4n) is 1.34. The molecule has 0 radical (unpaired) electrons. The molecule has 0 bridgehead atoms. The van der Waals surface area contributed by atoms with Crippen LogP contribution in [-0.2, 0) is 22.8 Å². The van der Waals surface area contributed by atoms with Crippen LogP contribution >= 0.6 is 0 Å². The number of aryl methyl sites for hydroxylation is 2. The second kappa shape index (κ2) is 6.00. The number of hydrogen-bond donors (Lipinski definition) is 1. The molecule has 0 atom stereocenters. The summed E-state index contributed by atoms with van der Waals surface area (Å²) in [6.45, 7) is 2.75. The van der Waals surface area contributed by atoms with Crippen LogP contribution in [0.4, 0.5) is 0 Å². The average Bonchev–Trinajstić information content (AvgIpc) is 2.72. The van der Waals surface area contributed by atoms with Gasteiger partial charge in [0.05, 0.1) is 18.5 Å². The van der Waals surface area contributed by atoms with E-state index in [9.17, 15) is 8.42 Å². The van der Waals surface area contributed by atoms with Gasteiger partial charge in [0.25, 0.3) is 0 Å². The first kappa shape index (κ1) is 13.2. The number of sulfone groups is 1. The van der Waals surface area contributed by atoms with E-state index in [4.69, 9.17) is 5.73 Å². The van der Waals surface area contributed by atoms with E-state index in [1.807, 2.05) is 6.20 Å². The molecule has 0 aromatic carbocycles. The predicted molar refractivity (Wildman–Crippen MR) is 63.9 cm³/mol. The van der Waals surface area contributed by atoms with Gasteiger partial charge in [-0.1, -0.05) is 6.92 Å². The maximum Gasteiger partial charge on any atom is 0.151 e. The lowest BCUT2D eigenvalue weighted by atomic mass is 10.2. The Morgan fingerprint density at radius 1 is 1.50 bits per heavy atom. The first-order chi connectivity index (χ1) is 7.57. The van der Waals surface area contributed by atoms with Crippen molar-refractivity contribution in [1.29, 1.82) is 0 Å². The first-order valence-electron chi connectivity index (χ1n) is 5.49. The highest BCUT2D eigenvalue weighted by atomic mass is 32.2. The van der Waals surface area contributed by atoms with Crippen molar-refractivity contribution >= 4 is 9.84 Å². The minimum absolute atomic E-state index is 0.154. The van der Waals surface area contributed by atoms with Crippen LogP contribution in [0.25, 0.3) is 0 Å². The van der Waals surface area contributed by atoms with Crippen LogP contribution < -0.4 is 5.73 Å². The van der Waals surface area contributed by atoms with Crippen LogP contribution in [-0.4, -0.2) is 36.2 Å². The number of nitrogens with two attached hydrogens (primary N) is 1. The van der Waals surface area contributed by atoms with Crippen LogP contribution in [0.2, 0.25) is 0 Å². The fraction of sp³-hybridized carbons (Fsp3) is 0.700. The third kappa shape index (κ3) is 4.32. The normalized spacial score (nSPS) is 11.9. The summed E-state index contributed by atoms with van der Waals surface area (Å²) in [6.07, 6.45) is 5.49. The van der Waals surface area contributed by atoms with Crippen molar-refractivity contribution in [2.75, 3.05) is 18.1 Å². The minimum atomic E-state index is -2.91. The molecule has 16 heavy (non-hydrogen) atoms. The van der Waals surface area contributed by atoms with Gasteiger partial charge < -0.3 is 5.73 Å². The van der Waals surface area contributed by atoms with Gasteiger partial charge in [-0.25, -0.2) is 8.42 Å². The summed E-state index contributed by atoms with van der Waals surface area (Å²) in [4.78, 5) is 0. The molecule has 92 valence electrons. The highest BCUT2D eigenvalue weighted by Crippen LogP contribution is 2.02. The lowest BCUT2D eigenvalue weighted by Crippen LogP contribution is -2.14. The summed E-state index contributed by atoms with van der Waals surface area (Å²) in [5.41, 5.74) is 6.52. The van der Waals surface area contributed by atoms with Crippen molar-refractivity contribution in [3.8, 4) is 0 Å². The zero-order valence-corrected chi connectivity index (χ0v) is 10.4. The van der Waals surface area contributed by atoms with Crippen LogP contribution in [0.5, 0.6) is 0 Å². The molecule has 1 heterocycles. The van der Waals surface area contributed by atoms with E-state index in [-0.39, 0.29) is 11.5 Å². The smallest absolute Gasteiger partial charge is 0.151 e. The first-order valence-corrected chi connectivity index (χ1v) is 7.31. The fourth-order valence-corrected chi connectivity index (χ4v) is 2.09. The molecule has 0 aliphatic carbocycles. The molecule has 1 aromatic rings. The van der Waals surface area contributed by atoms with Crippen molar-refractivity contribution in [3.05, 3.63) is 18.0 Å². The Morgan fingerprint density at radius 3 is 2.88 bits per heavy atom. The van der Waals surface area contributed by atoms with Crippen LogP contribution in [0.3, 0.4) is 0 Å². The van der Waals surface area contributed by atoms with Gasteiger partial charge in [-0.15, -0.1) is 0 Å². The van der Waals surface area contributed by atoms with Gasteiger partial charge in [0, 0.05) is 11.9 Å². The Labute approximate surface area is 96.6 Å². The van der Waals surface area contributed by atoms with Gasteiger partial charge >= 0.3 is 0 Å². The third-order valence-electron chi connectivity index (χ3n) is 2.43. The van der Waals surface area contributed by atoms with E-state index in [1.165, 1.54) is 0 Å². The second-order valence-electron chi connectivity index (χ2n) is 3.74. The number of nitrogens with zero attached hydrogens (tertiary/aromatic N) is 2. The molecule has 2 N–H and O–H groups in total. The van der Waals surface area contributed by atoms with Crippen molar-refractivity contribution < 1.29 is 8.42 Å². The van der Waals surface area contributed by atoms with E-state index < -0.39 is 9.84 Å². The Balaban J connectivity index is 2.46. The topological polar surface area (TPSA) is 78.0 Å². The number of rotatable bonds is 7. The molecule has 1 aromatic heterocycles. The maximum atomic E-state index is 11.3. The SMILES string of the molecule is CCS(=O)(=O)CCn1cc(CCCN)cn1. The standard InChI is InChI=1S/C10H19N3O2S/c1-2-16(14,15)7-6-13-9-10(8-12-13)4-3-5-11/h8-9H,2-7,11H2,1H3.